The predicted molar refractivity (Wildman–Crippen MR) is 66.6 cm³/mol. The zero-order valence-corrected chi connectivity index (χ0v) is 10.4. The van der Waals surface area contributed by atoms with Crippen molar-refractivity contribution in [2.75, 3.05) is 6.54 Å². The predicted octanol–water partition coefficient (Wildman–Crippen LogP) is 1.93. The summed E-state index contributed by atoms with van der Waals surface area (Å²) in [7, 11) is 0. The Morgan fingerprint density at radius 3 is 2.94 bits per heavy atom. The second-order valence-electron chi connectivity index (χ2n) is 4.97. The summed E-state index contributed by atoms with van der Waals surface area (Å²) < 4.78 is 0. The van der Waals surface area contributed by atoms with E-state index in [4.69, 9.17) is 10.9 Å². The first-order chi connectivity index (χ1) is 7.67. The largest absolute Gasteiger partial charge is 0.409 e. The van der Waals surface area contributed by atoms with Gasteiger partial charge in [0.1, 0.15) is 5.84 Å². The normalized spacial score (nSPS) is 29.0. The fraction of sp³-hybridized carbons (Fsp3) is 0.917. The first-order valence-corrected chi connectivity index (χ1v) is 6.38. The van der Waals surface area contributed by atoms with Gasteiger partial charge >= 0.3 is 0 Å². The van der Waals surface area contributed by atoms with Gasteiger partial charge < -0.3 is 16.3 Å². The molecule has 16 heavy (non-hydrogen) atoms. The highest BCUT2D eigenvalue weighted by Crippen LogP contribution is 2.26. The number of hydrogen-bond donors (Lipinski definition) is 3. The fourth-order valence-electron chi connectivity index (χ4n) is 2.39. The molecule has 1 fully saturated rings. The Morgan fingerprint density at radius 1 is 1.56 bits per heavy atom. The van der Waals surface area contributed by atoms with Crippen molar-refractivity contribution in [3.8, 4) is 0 Å². The summed E-state index contributed by atoms with van der Waals surface area (Å²) in [4.78, 5) is 0. The number of rotatable bonds is 5. The van der Waals surface area contributed by atoms with E-state index in [0.717, 1.165) is 12.5 Å². The Balaban J connectivity index is 2.26. The van der Waals surface area contributed by atoms with E-state index in [1.54, 1.807) is 0 Å². The maximum atomic E-state index is 8.56. The van der Waals surface area contributed by atoms with Crippen LogP contribution in [-0.2, 0) is 0 Å². The molecule has 0 bridgehead atoms. The van der Waals surface area contributed by atoms with Crippen LogP contribution >= 0.6 is 0 Å². The van der Waals surface area contributed by atoms with Crippen LogP contribution in [0, 0.1) is 11.8 Å². The molecule has 0 aliphatic heterocycles. The van der Waals surface area contributed by atoms with E-state index >= 15 is 0 Å². The first kappa shape index (κ1) is 13.3. The molecular weight excluding hydrogens is 202 g/mol. The number of amidine groups is 1. The molecule has 0 radical (unpaired) electrons. The quantitative estimate of drug-likeness (QED) is 0.291. The van der Waals surface area contributed by atoms with Crippen molar-refractivity contribution in [3.05, 3.63) is 0 Å². The highest BCUT2D eigenvalue weighted by molar-refractivity contribution is 5.82. The Hall–Kier alpha value is -0.770. The minimum Gasteiger partial charge on any atom is -0.409 e. The lowest BCUT2D eigenvalue weighted by Crippen LogP contribution is -2.39. The first-order valence-electron chi connectivity index (χ1n) is 6.38. The summed E-state index contributed by atoms with van der Waals surface area (Å²) in [6, 6.07) is 0.618. The molecule has 0 saturated heterocycles. The average Bonchev–Trinajstić information content (AvgIpc) is 2.35. The lowest BCUT2D eigenvalue weighted by molar-refractivity contribution is 0.275. The minimum absolute atomic E-state index is 0.104. The van der Waals surface area contributed by atoms with E-state index in [0.29, 0.717) is 11.9 Å². The van der Waals surface area contributed by atoms with Gasteiger partial charge in [-0.15, -0.1) is 0 Å². The lowest BCUT2D eigenvalue weighted by atomic mass is 9.84. The Morgan fingerprint density at radius 2 is 2.31 bits per heavy atom. The molecule has 1 aliphatic carbocycles. The van der Waals surface area contributed by atoms with Crippen molar-refractivity contribution < 1.29 is 5.21 Å². The number of nitrogens with two attached hydrogens (primary N) is 1. The summed E-state index contributed by atoms with van der Waals surface area (Å²) in [5.74, 6) is 1.30. The summed E-state index contributed by atoms with van der Waals surface area (Å²) >= 11 is 0. The van der Waals surface area contributed by atoms with Gasteiger partial charge in [-0.3, -0.25) is 0 Å². The molecule has 0 aromatic rings. The maximum Gasteiger partial charge on any atom is 0.143 e. The molecule has 0 spiro atoms. The van der Waals surface area contributed by atoms with Gasteiger partial charge in [0.15, 0.2) is 0 Å². The standard InChI is InChI=1S/C12H25N3O/c1-3-10-5-4-6-11(7-10)14-8-9(2)12(13)15-16/h9-11,14,16H,3-8H2,1-2H3,(H2,13,15). The number of oxime groups is 1. The SMILES string of the molecule is CCC1CCCC(NCC(C)C(N)=NO)C1. The van der Waals surface area contributed by atoms with Crippen LogP contribution in [0.3, 0.4) is 0 Å². The van der Waals surface area contributed by atoms with Gasteiger partial charge in [0.05, 0.1) is 0 Å². The summed E-state index contributed by atoms with van der Waals surface area (Å²) in [5, 5.41) is 15.1. The van der Waals surface area contributed by atoms with E-state index in [-0.39, 0.29) is 5.92 Å². The average molecular weight is 227 g/mol. The van der Waals surface area contributed by atoms with Gasteiger partial charge in [0.2, 0.25) is 0 Å². The lowest BCUT2D eigenvalue weighted by Gasteiger charge is -2.30. The second-order valence-corrected chi connectivity index (χ2v) is 4.97. The van der Waals surface area contributed by atoms with Crippen LogP contribution in [0.4, 0.5) is 0 Å². The van der Waals surface area contributed by atoms with Crippen LogP contribution in [0.5, 0.6) is 0 Å². The van der Waals surface area contributed by atoms with E-state index in [1.165, 1.54) is 32.1 Å². The van der Waals surface area contributed by atoms with Crippen molar-refractivity contribution in [3.63, 3.8) is 0 Å². The molecule has 0 amide bonds. The van der Waals surface area contributed by atoms with Gasteiger partial charge in [-0.1, -0.05) is 38.3 Å². The van der Waals surface area contributed by atoms with Crippen molar-refractivity contribution in [2.24, 2.45) is 22.7 Å². The van der Waals surface area contributed by atoms with Crippen molar-refractivity contribution in [1.29, 1.82) is 0 Å². The van der Waals surface area contributed by atoms with Crippen LogP contribution in [0.2, 0.25) is 0 Å². The smallest absolute Gasteiger partial charge is 0.143 e. The fourth-order valence-corrected chi connectivity index (χ4v) is 2.39. The molecule has 4 N–H and O–H groups in total. The molecule has 4 nitrogen and oxygen atoms in total. The van der Waals surface area contributed by atoms with Gasteiger partial charge in [0, 0.05) is 18.5 Å². The van der Waals surface area contributed by atoms with Gasteiger partial charge in [-0.2, -0.15) is 0 Å². The summed E-state index contributed by atoms with van der Waals surface area (Å²) in [5.41, 5.74) is 5.55. The highest BCUT2D eigenvalue weighted by Gasteiger charge is 2.21. The summed E-state index contributed by atoms with van der Waals surface area (Å²) in [6.07, 6.45) is 6.53. The van der Waals surface area contributed by atoms with E-state index in [9.17, 15) is 0 Å². The van der Waals surface area contributed by atoms with Crippen LogP contribution < -0.4 is 11.1 Å². The van der Waals surface area contributed by atoms with Crippen LogP contribution in [-0.4, -0.2) is 23.6 Å². The Bertz CT molecular complexity index is 230. The molecule has 1 aliphatic rings. The third-order valence-corrected chi connectivity index (χ3v) is 3.69. The maximum absolute atomic E-state index is 8.56. The molecular formula is C12H25N3O. The zero-order valence-electron chi connectivity index (χ0n) is 10.4. The van der Waals surface area contributed by atoms with Crippen molar-refractivity contribution in [2.45, 2.75) is 52.0 Å². The van der Waals surface area contributed by atoms with Crippen molar-refractivity contribution >= 4 is 5.84 Å². The van der Waals surface area contributed by atoms with E-state index in [1.807, 2.05) is 6.92 Å². The van der Waals surface area contributed by atoms with Gasteiger partial charge in [0.25, 0.3) is 0 Å². The molecule has 4 heteroatoms. The molecule has 0 heterocycles. The monoisotopic (exact) mass is 227 g/mol. The van der Waals surface area contributed by atoms with Crippen LogP contribution in [0.25, 0.3) is 0 Å². The van der Waals surface area contributed by atoms with Crippen LogP contribution in [0.1, 0.15) is 46.0 Å². The molecule has 0 aromatic heterocycles. The molecule has 1 saturated carbocycles. The Labute approximate surface area is 98.3 Å². The van der Waals surface area contributed by atoms with Gasteiger partial charge in [-0.25, -0.2) is 0 Å². The third-order valence-electron chi connectivity index (χ3n) is 3.69. The number of nitrogens with zero attached hydrogens (tertiary/aromatic N) is 1. The molecule has 1 rings (SSSR count). The molecule has 3 unspecified atom stereocenters. The molecule has 3 atom stereocenters. The topological polar surface area (TPSA) is 70.6 Å². The van der Waals surface area contributed by atoms with Crippen molar-refractivity contribution in [1.82, 2.24) is 5.32 Å². The number of nitrogens with one attached hydrogen (secondary N) is 1. The highest BCUT2D eigenvalue weighted by atomic mass is 16.4. The minimum atomic E-state index is 0.104. The molecule has 0 aromatic carbocycles. The molecule has 94 valence electrons. The Kier molecular flexibility index (Phi) is 5.60. The third kappa shape index (κ3) is 4.00. The van der Waals surface area contributed by atoms with Gasteiger partial charge in [-0.05, 0) is 18.8 Å². The van der Waals surface area contributed by atoms with E-state index in [2.05, 4.69) is 17.4 Å². The van der Waals surface area contributed by atoms with E-state index < -0.39 is 0 Å². The summed E-state index contributed by atoms with van der Waals surface area (Å²) in [6.45, 7) is 5.05. The zero-order chi connectivity index (χ0) is 12.0. The second kappa shape index (κ2) is 6.74. The number of hydrogen-bond acceptors (Lipinski definition) is 3. The van der Waals surface area contributed by atoms with Crippen LogP contribution in [0.15, 0.2) is 5.16 Å².